The van der Waals surface area contributed by atoms with Gasteiger partial charge in [-0.3, -0.25) is 4.79 Å². The van der Waals surface area contributed by atoms with Crippen molar-refractivity contribution in [3.8, 4) is 0 Å². The topological polar surface area (TPSA) is 72.8 Å². The van der Waals surface area contributed by atoms with E-state index in [0.717, 1.165) is 12.7 Å². The Balaban J connectivity index is 0.00000301. The fourth-order valence-corrected chi connectivity index (χ4v) is 2.30. The van der Waals surface area contributed by atoms with E-state index < -0.39 is 12.1 Å². The van der Waals surface area contributed by atoms with Crippen LogP contribution in [0.3, 0.4) is 0 Å². The minimum absolute atomic E-state index is 0.0556. The maximum atomic E-state index is 12.3. The number of aliphatic hydroxyl groups excluding tert-OH is 1. The largest absolute Gasteiger partial charge is 0.515 e. The maximum absolute atomic E-state index is 12.3. The van der Waals surface area contributed by atoms with Crippen molar-refractivity contribution >= 4 is 11.8 Å². The molecule has 0 aromatic carbocycles. The van der Waals surface area contributed by atoms with Gasteiger partial charge < -0.3 is 14.6 Å². The number of ether oxygens (including phenoxy) is 2. The summed E-state index contributed by atoms with van der Waals surface area (Å²) in [6.45, 7) is 7.55. The van der Waals surface area contributed by atoms with Crippen molar-refractivity contribution in [2.75, 3.05) is 7.11 Å². The molecule has 0 aromatic heterocycles. The lowest BCUT2D eigenvalue weighted by Crippen LogP contribution is -2.18. The Morgan fingerprint density at radius 1 is 1.31 bits per heavy atom. The predicted octanol–water partition coefficient (Wildman–Crippen LogP) is 4.95. The zero-order valence-corrected chi connectivity index (χ0v) is 16.6. The number of cyclic esters (lactones) is 1. The highest BCUT2D eigenvalue weighted by Gasteiger charge is 2.19. The Morgan fingerprint density at radius 3 is 2.58 bits per heavy atom. The molecular formula is C21H32O5. The summed E-state index contributed by atoms with van der Waals surface area (Å²) >= 11 is 0. The van der Waals surface area contributed by atoms with Gasteiger partial charge in [0.25, 0.3) is 0 Å². The van der Waals surface area contributed by atoms with Gasteiger partial charge in [-0.25, -0.2) is 4.79 Å². The lowest BCUT2D eigenvalue weighted by molar-refractivity contribution is -0.144. The lowest BCUT2D eigenvalue weighted by atomic mass is 10.0. The summed E-state index contributed by atoms with van der Waals surface area (Å²) < 4.78 is 10.5. The Morgan fingerprint density at radius 2 is 2.00 bits per heavy atom. The molecule has 1 aliphatic heterocycles. The zero-order chi connectivity index (χ0) is 19.9. The molecule has 1 rings (SSSR count). The molecule has 0 aliphatic carbocycles. The highest BCUT2D eigenvalue weighted by Crippen LogP contribution is 2.19. The van der Waals surface area contributed by atoms with E-state index in [2.05, 4.69) is 0 Å². The van der Waals surface area contributed by atoms with Crippen LogP contribution in [0.1, 0.15) is 59.8 Å². The zero-order valence-electron chi connectivity index (χ0n) is 16.6. The third-order valence-corrected chi connectivity index (χ3v) is 3.74. The number of Topliss-reactive ketones (excluding diaryl/α,β-unsaturated/α-hetero) is 1. The average molecular weight is 364 g/mol. The number of allylic oxidation sites excluding steroid dienone is 4. The first-order chi connectivity index (χ1) is 12.5. The molecule has 1 heterocycles. The number of aliphatic hydroxyl groups is 1. The summed E-state index contributed by atoms with van der Waals surface area (Å²) in [5.41, 5.74) is 0.551. The van der Waals surface area contributed by atoms with Gasteiger partial charge in [0.1, 0.15) is 17.1 Å². The fraction of sp³-hybridized carbons (Fsp3) is 0.524. The van der Waals surface area contributed by atoms with Crippen molar-refractivity contribution in [2.24, 2.45) is 0 Å². The summed E-state index contributed by atoms with van der Waals surface area (Å²) in [5, 5.41) is 9.53. The fourth-order valence-electron chi connectivity index (χ4n) is 2.30. The molecule has 0 spiro atoms. The van der Waals surface area contributed by atoms with Gasteiger partial charge in [-0.2, -0.15) is 0 Å². The Labute approximate surface area is 157 Å². The maximum Gasteiger partial charge on any atom is 0.342 e. The number of ketones is 1. The second kappa shape index (κ2) is 13.9. The van der Waals surface area contributed by atoms with Crippen LogP contribution in [-0.4, -0.2) is 30.1 Å². The van der Waals surface area contributed by atoms with E-state index in [-0.39, 0.29) is 11.4 Å². The van der Waals surface area contributed by atoms with Crippen molar-refractivity contribution in [2.45, 2.75) is 65.9 Å². The van der Waals surface area contributed by atoms with Gasteiger partial charge >= 0.3 is 5.97 Å². The first-order valence-corrected chi connectivity index (χ1v) is 9.17. The number of esters is 1. The van der Waals surface area contributed by atoms with E-state index in [4.69, 9.17) is 9.47 Å². The lowest BCUT2D eigenvalue weighted by Gasteiger charge is -2.14. The quantitative estimate of drug-likeness (QED) is 0.426. The summed E-state index contributed by atoms with van der Waals surface area (Å²) in [7, 11) is 1.53. The number of methoxy groups -OCH3 is 1. The smallest absolute Gasteiger partial charge is 0.342 e. The number of carbonyl (C=O) groups excluding carboxylic acids is 2. The van der Waals surface area contributed by atoms with Crippen molar-refractivity contribution in [1.29, 1.82) is 0 Å². The normalized spacial score (nSPS) is 24.5. The molecule has 1 aliphatic rings. The number of hydrogen-bond donors (Lipinski definition) is 1. The van der Waals surface area contributed by atoms with Crippen LogP contribution in [0.25, 0.3) is 0 Å². The molecule has 0 radical (unpaired) electrons. The van der Waals surface area contributed by atoms with Crippen molar-refractivity contribution in [3.63, 3.8) is 0 Å². The average Bonchev–Trinajstić information content (AvgIpc) is 2.65. The van der Waals surface area contributed by atoms with Crippen LogP contribution >= 0.6 is 0 Å². The van der Waals surface area contributed by atoms with Crippen molar-refractivity contribution in [3.05, 3.63) is 47.5 Å². The summed E-state index contributed by atoms with van der Waals surface area (Å²) in [6.07, 6.45) is 10.2. The van der Waals surface area contributed by atoms with E-state index in [9.17, 15) is 14.7 Å². The Bertz CT molecular complexity index is 567. The molecule has 5 nitrogen and oxygen atoms in total. The first-order valence-electron chi connectivity index (χ1n) is 9.17. The van der Waals surface area contributed by atoms with Gasteiger partial charge in [0.05, 0.1) is 19.5 Å². The third kappa shape index (κ3) is 8.70. The number of rotatable bonds is 2. The molecule has 1 N–H and O–H groups in total. The summed E-state index contributed by atoms with van der Waals surface area (Å²) in [6, 6.07) is 0. The minimum Gasteiger partial charge on any atom is -0.515 e. The third-order valence-electron chi connectivity index (χ3n) is 3.74. The van der Waals surface area contributed by atoms with E-state index >= 15 is 0 Å². The minimum atomic E-state index is -0.626. The van der Waals surface area contributed by atoms with E-state index in [1.165, 1.54) is 7.11 Å². The molecule has 1 unspecified atom stereocenters. The van der Waals surface area contributed by atoms with Crippen LogP contribution < -0.4 is 0 Å². The first kappa shape index (κ1) is 23.7. The number of carbonyl (C=O) groups is 2. The van der Waals surface area contributed by atoms with Crippen LogP contribution in [0.2, 0.25) is 0 Å². The standard InChI is InChI=1S/C19H26O5.C2H6/c1-4-17(23-3)12-15-8-6-5-7-9-16(21)11-10-14(2)24-19(22)18(15)13-20;1-2/h4,6,8,12-14,20H,5,7,9-11H2,1-3H3;1-2H3/b8-6+,15-12-,17-4+,18-13-;. The molecule has 0 amide bonds. The van der Waals surface area contributed by atoms with Crippen LogP contribution in [0.5, 0.6) is 0 Å². The van der Waals surface area contributed by atoms with Crippen LogP contribution in [0.15, 0.2) is 47.5 Å². The molecule has 5 heteroatoms. The molecule has 0 aromatic rings. The van der Waals surface area contributed by atoms with Gasteiger partial charge in [0, 0.05) is 12.8 Å². The molecule has 1 atom stereocenters. The van der Waals surface area contributed by atoms with Gasteiger partial charge in [-0.15, -0.1) is 0 Å². The Hall–Kier alpha value is -2.30. The second-order valence-corrected chi connectivity index (χ2v) is 5.63. The summed E-state index contributed by atoms with van der Waals surface area (Å²) in [4.78, 5) is 24.1. The molecule has 0 saturated heterocycles. The predicted molar refractivity (Wildman–Crippen MR) is 104 cm³/mol. The molecular weight excluding hydrogens is 332 g/mol. The van der Waals surface area contributed by atoms with E-state index in [1.54, 1.807) is 25.2 Å². The van der Waals surface area contributed by atoms with Crippen LogP contribution in [0.4, 0.5) is 0 Å². The Kier molecular flexibility index (Phi) is 12.7. The molecule has 146 valence electrons. The van der Waals surface area contributed by atoms with E-state index in [1.807, 2.05) is 26.8 Å². The van der Waals surface area contributed by atoms with Gasteiger partial charge in [0.2, 0.25) is 0 Å². The van der Waals surface area contributed by atoms with Gasteiger partial charge in [0.15, 0.2) is 0 Å². The summed E-state index contributed by atoms with van der Waals surface area (Å²) in [5.74, 6) is 0.114. The van der Waals surface area contributed by atoms with Crippen LogP contribution in [0, 0.1) is 0 Å². The van der Waals surface area contributed by atoms with Gasteiger partial charge in [-0.1, -0.05) is 26.0 Å². The molecule has 0 fully saturated rings. The number of hydrogen-bond acceptors (Lipinski definition) is 5. The SMILES string of the molecule is CC.C\C=C(/C=C1/C=C/CCCC(=O)CCC(C)OC(=O)/C1=C\O)OC. The monoisotopic (exact) mass is 364 g/mol. The van der Waals surface area contributed by atoms with Gasteiger partial charge in [-0.05, 0) is 50.8 Å². The second-order valence-electron chi connectivity index (χ2n) is 5.63. The molecule has 26 heavy (non-hydrogen) atoms. The van der Waals surface area contributed by atoms with Crippen LogP contribution in [-0.2, 0) is 19.1 Å². The van der Waals surface area contributed by atoms with Crippen molar-refractivity contribution in [1.82, 2.24) is 0 Å². The molecule has 0 bridgehead atoms. The highest BCUT2D eigenvalue weighted by atomic mass is 16.5. The highest BCUT2D eigenvalue weighted by molar-refractivity contribution is 5.94. The van der Waals surface area contributed by atoms with Crippen molar-refractivity contribution < 1.29 is 24.2 Å². The molecule has 0 saturated carbocycles. The van der Waals surface area contributed by atoms with E-state index in [0.29, 0.717) is 37.0 Å².